The van der Waals surface area contributed by atoms with Gasteiger partial charge in [-0.05, 0) is 12.1 Å². The summed E-state index contributed by atoms with van der Waals surface area (Å²) >= 11 is 9.80. The minimum atomic E-state index is -0.428. The van der Waals surface area contributed by atoms with E-state index in [1.165, 1.54) is 7.11 Å². The topological polar surface area (TPSA) is 26.3 Å². The van der Waals surface area contributed by atoms with E-state index in [2.05, 4.69) is 17.4 Å². The van der Waals surface area contributed by atoms with Gasteiger partial charge in [-0.3, -0.25) is 0 Å². The van der Waals surface area contributed by atoms with E-state index < -0.39 is 5.97 Å². The minimum absolute atomic E-state index is 0.383. The summed E-state index contributed by atoms with van der Waals surface area (Å²) in [4.78, 5) is 11.5. The van der Waals surface area contributed by atoms with Gasteiger partial charge in [0.1, 0.15) is 0 Å². The Bertz CT molecular complexity index is 312. The number of ether oxygens (including phenoxy) is 1. The van der Waals surface area contributed by atoms with Crippen molar-refractivity contribution in [1.82, 2.24) is 0 Å². The van der Waals surface area contributed by atoms with Gasteiger partial charge in [-0.15, -0.1) is 12.6 Å². The Hall–Kier alpha value is -0.670. The first kappa shape index (κ1) is 9.42. The molecular weight excluding hydrogens is 196 g/mol. The summed E-state index contributed by atoms with van der Waals surface area (Å²) in [6.07, 6.45) is 0. The molecule has 0 spiro atoms. The van der Waals surface area contributed by atoms with E-state index in [0.29, 0.717) is 15.5 Å². The van der Waals surface area contributed by atoms with Crippen LogP contribution in [0, 0.1) is 0 Å². The number of halogens is 1. The number of esters is 1. The van der Waals surface area contributed by atoms with Crippen molar-refractivity contribution in [1.29, 1.82) is 0 Å². The number of carbonyl (C=O) groups is 1. The highest BCUT2D eigenvalue weighted by molar-refractivity contribution is 7.80. The molecule has 0 heterocycles. The fraction of sp³-hybridized carbons (Fsp3) is 0.125. The van der Waals surface area contributed by atoms with Gasteiger partial charge in [0.2, 0.25) is 0 Å². The lowest BCUT2D eigenvalue weighted by Gasteiger charge is -2.03. The predicted octanol–water partition coefficient (Wildman–Crippen LogP) is 2.42. The van der Waals surface area contributed by atoms with Crippen LogP contribution in [0.4, 0.5) is 0 Å². The van der Waals surface area contributed by atoms with Gasteiger partial charge < -0.3 is 4.74 Å². The predicted molar refractivity (Wildman–Crippen MR) is 50.0 cm³/mol. The first-order valence-corrected chi connectivity index (χ1v) is 4.05. The number of rotatable bonds is 1. The van der Waals surface area contributed by atoms with Crippen LogP contribution in [0.3, 0.4) is 0 Å². The molecule has 0 aliphatic rings. The number of benzene rings is 1. The molecule has 0 saturated carbocycles. The van der Waals surface area contributed by atoms with E-state index >= 15 is 0 Å². The standard InChI is InChI=1S/C8H7ClO2S/c1-11-8(10)5-3-2-4-6(9)7(5)12/h2-4,12H,1H3. The molecule has 64 valence electrons. The lowest BCUT2D eigenvalue weighted by Crippen LogP contribution is -2.02. The fourth-order valence-electron chi connectivity index (χ4n) is 0.790. The molecule has 0 aliphatic heterocycles. The molecular formula is C8H7ClO2S. The van der Waals surface area contributed by atoms with Gasteiger partial charge in [0.25, 0.3) is 0 Å². The van der Waals surface area contributed by atoms with E-state index in [-0.39, 0.29) is 0 Å². The lowest BCUT2D eigenvalue weighted by atomic mass is 10.2. The van der Waals surface area contributed by atoms with Crippen LogP contribution in [-0.4, -0.2) is 13.1 Å². The second-order valence-electron chi connectivity index (χ2n) is 2.13. The van der Waals surface area contributed by atoms with Crippen molar-refractivity contribution < 1.29 is 9.53 Å². The summed E-state index contributed by atoms with van der Waals surface area (Å²) < 4.78 is 4.53. The molecule has 0 atom stereocenters. The van der Waals surface area contributed by atoms with E-state index in [1.807, 2.05) is 0 Å². The van der Waals surface area contributed by atoms with Gasteiger partial charge in [0.15, 0.2) is 0 Å². The van der Waals surface area contributed by atoms with E-state index in [4.69, 9.17) is 11.6 Å². The van der Waals surface area contributed by atoms with Crippen molar-refractivity contribution in [3.63, 3.8) is 0 Å². The van der Waals surface area contributed by atoms with Gasteiger partial charge in [0, 0.05) is 4.90 Å². The molecule has 0 bridgehead atoms. The van der Waals surface area contributed by atoms with Crippen molar-refractivity contribution in [3.8, 4) is 0 Å². The maximum absolute atomic E-state index is 11.1. The smallest absolute Gasteiger partial charge is 0.339 e. The van der Waals surface area contributed by atoms with Crippen LogP contribution >= 0.6 is 24.2 Å². The molecule has 0 aromatic heterocycles. The lowest BCUT2D eigenvalue weighted by molar-refractivity contribution is 0.0597. The third kappa shape index (κ3) is 1.73. The van der Waals surface area contributed by atoms with Crippen LogP contribution < -0.4 is 0 Å². The Kier molecular flexibility index (Phi) is 3.00. The monoisotopic (exact) mass is 202 g/mol. The highest BCUT2D eigenvalue weighted by atomic mass is 35.5. The van der Waals surface area contributed by atoms with Crippen molar-refractivity contribution in [2.75, 3.05) is 7.11 Å². The quantitative estimate of drug-likeness (QED) is 0.559. The van der Waals surface area contributed by atoms with E-state index in [9.17, 15) is 4.79 Å². The maximum Gasteiger partial charge on any atom is 0.339 e. The van der Waals surface area contributed by atoms with Crippen molar-refractivity contribution in [2.24, 2.45) is 0 Å². The average Bonchev–Trinajstić information content (AvgIpc) is 2.08. The van der Waals surface area contributed by atoms with Crippen LogP contribution in [0.25, 0.3) is 0 Å². The van der Waals surface area contributed by atoms with Crippen LogP contribution in [0.5, 0.6) is 0 Å². The number of thiol groups is 1. The van der Waals surface area contributed by atoms with E-state index in [1.54, 1.807) is 18.2 Å². The zero-order chi connectivity index (χ0) is 9.14. The fourth-order valence-corrected chi connectivity index (χ4v) is 1.20. The number of methoxy groups -OCH3 is 1. The summed E-state index contributed by atoms with van der Waals surface area (Å²) in [6, 6.07) is 4.95. The van der Waals surface area contributed by atoms with Crippen molar-refractivity contribution in [2.45, 2.75) is 4.90 Å². The average molecular weight is 203 g/mol. The first-order valence-electron chi connectivity index (χ1n) is 3.22. The Morgan fingerprint density at radius 2 is 2.25 bits per heavy atom. The molecule has 0 radical (unpaired) electrons. The SMILES string of the molecule is COC(=O)c1cccc(Cl)c1S. The number of carbonyl (C=O) groups excluding carboxylic acids is 1. The highest BCUT2D eigenvalue weighted by Crippen LogP contribution is 2.23. The highest BCUT2D eigenvalue weighted by Gasteiger charge is 2.10. The summed E-state index contributed by atoms with van der Waals surface area (Å²) in [5.41, 5.74) is 0.383. The van der Waals surface area contributed by atoms with Crippen molar-refractivity contribution >= 4 is 30.2 Å². The normalized spacial score (nSPS) is 9.58. The van der Waals surface area contributed by atoms with Crippen LogP contribution in [0.2, 0.25) is 5.02 Å². The summed E-state index contributed by atoms with van der Waals surface area (Å²) in [7, 11) is 1.32. The second-order valence-corrected chi connectivity index (χ2v) is 2.98. The van der Waals surface area contributed by atoms with Crippen molar-refractivity contribution in [3.05, 3.63) is 28.8 Å². The maximum atomic E-state index is 11.1. The molecule has 0 amide bonds. The summed E-state index contributed by atoms with van der Waals surface area (Å²) in [6.45, 7) is 0. The van der Waals surface area contributed by atoms with Gasteiger partial charge in [-0.2, -0.15) is 0 Å². The molecule has 2 nitrogen and oxygen atoms in total. The molecule has 0 saturated heterocycles. The van der Waals surface area contributed by atoms with Gasteiger partial charge in [-0.25, -0.2) is 4.79 Å². The van der Waals surface area contributed by atoms with Gasteiger partial charge in [0.05, 0.1) is 17.7 Å². The van der Waals surface area contributed by atoms with Crippen LogP contribution in [-0.2, 0) is 4.74 Å². The first-order chi connectivity index (χ1) is 5.66. The summed E-state index contributed by atoms with van der Waals surface area (Å²) in [5.74, 6) is -0.428. The molecule has 0 aliphatic carbocycles. The molecule has 0 fully saturated rings. The molecule has 4 heteroatoms. The largest absolute Gasteiger partial charge is 0.465 e. The summed E-state index contributed by atoms with van der Waals surface area (Å²) in [5, 5.41) is 0.446. The van der Waals surface area contributed by atoms with Gasteiger partial charge in [-0.1, -0.05) is 17.7 Å². The Morgan fingerprint density at radius 1 is 1.58 bits per heavy atom. The molecule has 12 heavy (non-hydrogen) atoms. The van der Waals surface area contributed by atoms with Gasteiger partial charge >= 0.3 is 5.97 Å². The van der Waals surface area contributed by atoms with Crippen LogP contribution in [0.1, 0.15) is 10.4 Å². The number of hydrogen-bond acceptors (Lipinski definition) is 3. The Labute approximate surface area is 80.9 Å². The molecule has 1 aromatic carbocycles. The minimum Gasteiger partial charge on any atom is -0.465 e. The third-order valence-corrected chi connectivity index (χ3v) is 2.32. The zero-order valence-electron chi connectivity index (χ0n) is 6.37. The third-order valence-electron chi connectivity index (χ3n) is 1.39. The Morgan fingerprint density at radius 3 is 2.83 bits per heavy atom. The van der Waals surface area contributed by atoms with Crippen LogP contribution in [0.15, 0.2) is 23.1 Å². The number of hydrogen-bond donors (Lipinski definition) is 1. The van der Waals surface area contributed by atoms with E-state index in [0.717, 1.165) is 0 Å². The molecule has 0 unspecified atom stereocenters. The second kappa shape index (κ2) is 3.83. The zero-order valence-corrected chi connectivity index (χ0v) is 8.02. The molecule has 1 aromatic rings. The molecule has 1 rings (SSSR count). The molecule has 0 N–H and O–H groups in total. The Balaban J connectivity index is 3.16.